The minimum Gasteiger partial charge on any atom is -0.349 e. The fourth-order valence-corrected chi connectivity index (χ4v) is 5.10. The molecule has 5 nitrogen and oxygen atoms in total. The Hall–Kier alpha value is -1.60. The van der Waals surface area contributed by atoms with Gasteiger partial charge in [0.25, 0.3) is 0 Å². The van der Waals surface area contributed by atoms with E-state index in [1.807, 2.05) is 25.1 Å². The van der Waals surface area contributed by atoms with E-state index < -0.39 is 10.0 Å². The van der Waals surface area contributed by atoms with E-state index in [1.54, 1.807) is 18.2 Å². The van der Waals surface area contributed by atoms with Gasteiger partial charge in [-0.25, -0.2) is 8.42 Å². The van der Waals surface area contributed by atoms with Gasteiger partial charge in [-0.3, -0.25) is 4.79 Å². The van der Waals surface area contributed by atoms with E-state index >= 15 is 0 Å². The van der Waals surface area contributed by atoms with Crippen LogP contribution in [0.15, 0.2) is 53.4 Å². The van der Waals surface area contributed by atoms with Gasteiger partial charge in [0.05, 0.1) is 10.9 Å². The number of halogens is 2. The summed E-state index contributed by atoms with van der Waals surface area (Å²) in [7, 11) is -3.57. The van der Waals surface area contributed by atoms with E-state index in [0.717, 1.165) is 5.56 Å². The van der Waals surface area contributed by atoms with Crippen LogP contribution >= 0.6 is 23.2 Å². The van der Waals surface area contributed by atoms with Crippen molar-refractivity contribution in [1.82, 2.24) is 9.62 Å². The average Bonchev–Trinajstić information content (AvgIpc) is 2.68. The van der Waals surface area contributed by atoms with Crippen molar-refractivity contribution < 1.29 is 13.2 Å². The monoisotopic (exact) mass is 440 g/mol. The fourth-order valence-electron chi connectivity index (χ4n) is 3.30. The molecule has 1 atom stereocenters. The molecule has 0 radical (unpaired) electrons. The summed E-state index contributed by atoms with van der Waals surface area (Å²) in [5, 5.41) is 4.12. The van der Waals surface area contributed by atoms with Gasteiger partial charge in [0.2, 0.25) is 15.9 Å². The van der Waals surface area contributed by atoms with Crippen LogP contribution in [0.25, 0.3) is 0 Å². The zero-order valence-corrected chi connectivity index (χ0v) is 17.8. The summed E-state index contributed by atoms with van der Waals surface area (Å²) in [6.07, 6.45) is 0.974. The molecule has 0 spiro atoms. The standard InChI is InChI=1S/C20H22Cl2N2O3S/c1-14(16-3-2-4-18(22)13-16)23-20(25)15-9-11-24(12-10-15)28(26,27)19-7-5-17(21)6-8-19/h2-8,13-15H,9-12H2,1H3,(H,23,25). The van der Waals surface area contributed by atoms with E-state index in [1.165, 1.54) is 16.4 Å². The Bertz CT molecular complexity index is 940. The highest BCUT2D eigenvalue weighted by Crippen LogP contribution is 2.26. The lowest BCUT2D eigenvalue weighted by atomic mass is 9.96. The summed E-state index contributed by atoms with van der Waals surface area (Å²) in [5.74, 6) is -0.269. The zero-order valence-electron chi connectivity index (χ0n) is 15.4. The van der Waals surface area contributed by atoms with Crippen molar-refractivity contribution in [2.75, 3.05) is 13.1 Å². The lowest BCUT2D eigenvalue weighted by Crippen LogP contribution is -2.43. The summed E-state index contributed by atoms with van der Waals surface area (Å²) in [4.78, 5) is 12.8. The first-order valence-corrected chi connectivity index (χ1v) is 11.3. The first kappa shape index (κ1) is 21.1. The molecule has 1 N–H and O–H groups in total. The van der Waals surface area contributed by atoms with Gasteiger partial charge in [0, 0.05) is 29.1 Å². The third kappa shape index (κ3) is 4.87. The topological polar surface area (TPSA) is 66.5 Å². The number of rotatable bonds is 5. The van der Waals surface area contributed by atoms with Gasteiger partial charge in [-0.1, -0.05) is 35.3 Å². The Labute approximate surface area is 175 Å². The molecule has 2 aromatic carbocycles. The number of nitrogens with zero attached hydrogens (tertiary/aromatic N) is 1. The van der Waals surface area contributed by atoms with Gasteiger partial charge in [0.15, 0.2) is 0 Å². The SMILES string of the molecule is CC(NC(=O)C1CCN(S(=O)(=O)c2ccc(Cl)cc2)CC1)c1cccc(Cl)c1. The molecule has 1 unspecified atom stereocenters. The molecule has 150 valence electrons. The average molecular weight is 441 g/mol. The molecule has 2 aromatic rings. The second-order valence-corrected chi connectivity index (χ2v) is 9.73. The Morgan fingerprint density at radius 2 is 1.71 bits per heavy atom. The minimum atomic E-state index is -3.57. The molecule has 0 saturated carbocycles. The molecule has 1 aliphatic heterocycles. The maximum absolute atomic E-state index is 12.7. The molecule has 1 saturated heterocycles. The number of hydrogen-bond acceptors (Lipinski definition) is 3. The van der Waals surface area contributed by atoms with Gasteiger partial charge in [-0.05, 0) is 61.7 Å². The summed E-state index contributed by atoms with van der Waals surface area (Å²) in [6, 6.07) is 13.3. The number of amides is 1. The second kappa shape index (κ2) is 8.82. The van der Waals surface area contributed by atoms with Gasteiger partial charge in [0.1, 0.15) is 0 Å². The maximum Gasteiger partial charge on any atom is 0.243 e. The largest absolute Gasteiger partial charge is 0.349 e. The lowest BCUT2D eigenvalue weighted by Gasteiger charge is -2.31. The molecule has 8 heteroatoms. The van der Waals surface area contributed by atoms with E-state index in [9.17, 15) is 13.2 Å². The van der Waals surface area contributed by atoms with E-state index in [2.05, 4.69) is 5.32 Å². The molecule has 1 aliphatic rings. The van der Waals surface area contributed by atoms with E-state index in [4.69, 9.17) is 23.2 Å². The quantitative estimate of drug-likeness (QED) is 0.754. The van der Waals surface area contributed by atoms with Crippen molar-refractivity contribution >= 4 is 39.1 Å². The predicted molar refractivity (Wildman–Crippen MR) is 111 cm³/mol. The molecule has 1 heterocycles. The molecule has 1 amide bonds. The lowest BCUT2D eigenvalue weighted by molar-refractivity contribution is -0.126. The summed E-state index contributed by atoms with van der Waals surface area (Å²) in [5.41, 5.74) is 0.934. The van der Waals surface area contributed by atoms with Crippen molar-refractivity contribution in [1.29, 1.82) is 0 Å². The third-order valence-electron chi connectivity index (χ3n) is 4.98. The van der Waals surface area contributed by atoms with Gasteiger partial charge in [-0.15, -0.1) is 0 Å². The predicted octanol–water partition coefficient (Wildman–Crippen LogP) is 4.27. The van der Waals surface area contributed by atoms with Crippen molar-refractivity contribution in [2.24, 2.45) is 5.92 Å². The number of nitrogens with one attached hydrogen (secondary N) is 1. The Morgan fingerprint density at radius 1 is 1.07 bits per heavy atom. The fraction of sp³-hybridized carbons (Fsp3) is 0.350. The number of benzene rings is 2. The van der Waals surface area contributed by atoms with E-state index in [0.29, 0.717) is 36.0 Å². The Kier molecular flexibility index (Phi) is 6.65. The van der Waals surface area contributed by atoms with Crippen molar-refractivity contribution in [3.63, 3.8) is 0 Å². The van der Waals surface area contributed by atoms with E-state index in [-0.39, 0.29) is 22.8 Å². The van der Waals surface area contributed by atoms with Crippen LogP contribution in [-0.2, 0) is 14.8 Å². The van der Waals surface area contributed by atoms with Crippen LogP contribution < -0.4 is 5.32 Å². The van der Waals surface area contributed by atoms with Crippen LogP contribution in [0.3, 0.4) is 0 Å². The zero-order chi connectivity index (χ0) is 20.3. The van der Waals surface area contributed by atoms with Crippen molar-refractivity contribution in [2.45, 2.75) is 30.7 Å². The van der Waals surface area contributed by atoms with Crippen LogP contribution in [0.4, 0.5) is 0 Å². The highest BCUT2D eigenvalue weighted by molar-refractivity contribution is 7.89. The summed E-state index contributed by atoms with van der Waals surface area (Å²) < 4.78 is 26.9. The molecule has 3 rings (SSSR count). The Balaban J connectivity index is 1.58. The molecule has 0 aromatic heterocycles. The number of carbonyl (C=O) groups excluding carboxylic acids is 1. The van der Waals surface area contributed by atoms with Gasteiger partial charge < -0.3 is 5.32 Å². The maximum atomic E-state index is 12.7. The minimum absolute atomic E-state index is 0.0592. The molecular formula is C20H22Cl2N2O3S. The molecule has 28 heavy (non-hydrogen) atoms. The highest BCUT2D eigenvalue weighted by atomic mass is 35.5. The van der Waals surface area contributed by atoms with Crippen molar-refractivity contribution in [3.05, 3.63) is 64.1 Å². The summed E-state index contributed by atoms with van der Waals surface area (Å²) >= 11 is 11.8. The second-order valence-electron chi connectivity index (χ2n) is 6.92. The van der Waals surface area contributed by atoms with Crippen LogP contribution in [0.5, 0.6) is 0 Å². The van der Waals surface area contributed by atoms with Gasteiger partial charge >= 0.3 is 0 Å². The number of sulfonamides is 1. The first-order valence-electron chi connectivity index (χ1n) is 9.09. The molecule has 0 aliphatic carbocycles. The number of carbonyl (C=O) groups is 1. The third-order valence-corrected chi connectivity index (χ3v) is 7.38. The molecular weight excluding hydrogens is 419 g/mol. The molecule has 1 fully saturated rings. The normalized spacial score (nSPS) is 17.2. The number of hydrogen-bond donors (Lipinski definition) is 1. The highest BCUT2D eigenvalue weighted by Gasteiger charge is 2.32. The van der Waals surface area contributed by atoms with Gasteiger partial charge in [-0.2, -0.15) is 4.31 Å². The van der Waals surface area contributed by atoms with Crippen molar-refractivity contribution in [3.8, 4) is 0 Å². The molecule has 0 bridgehead atoms. The van der Waals surface area contributed by atoms with Crippen LogP contribution in [0, 0.1) is 5.92 Å². The van der Waals surface area contributed by atoms with Crippen LogP contribution in [-0.4, -0.2) is 31.7 Å². The summed E-state index contributed by atoms with van der Waals surface area (Å²) in [6.45, 7) is 2.53. The first-order chi connectivity index (χ1) is 13.3. The number of piperidine rings is 1. The van der Waals surface area contributed by atoms with Crippen LogP contribution in [0.1, 0.15) is 31.4 Å². The van der Waals surface area contributed by atoms with Crippen LogP contribution in [0.2, 0.25) is 10.0 Å². The Morgan fingerprint density at radius 3 is 2.32 bits per heavy atom. The smallest absolute Gasteiger partial charge is 0.243 e.